The third-order valence-corrected chi connectivity index (χ3v) is 4.19. The molecule has 0 bridgehead atoms. The van der Waals surface area contributed by atoms with Gasteiger partial charge in [-0.3, -0.25) is 4.79 Å². The maximum absolute atomic E-state index is 12.8. The topological polar surface area (TPSA) is 61.7 Å². The fourth-order valence-electron chi connectivity index (χ4n) is 3.01. The first-order valence-electron chi connectivity index (χ1n) is 8.05. The van der Waals surface area contributed by atoms with Crippen LogP contribution in [0.4, 0.5) is 11.4 Å². The van der Waals surface area contributed by atoms with E-state index >= 15 is 0 Å². The summed E-state index contributed by atoms with van der Waals surface area (Å²) < 4.78 is 0. The summed E-state index contributed by atoms with van der Waals surface area (Å²) in [5.41, 5.74) is 22.6. The van der Waals surface area contributed by atoms with Crippen LogP contribution in [0.2, 0.25) is 0 Å². The van der Waals surface area contributed by atoms with E-state index in [1.165, 1.54) is 0 Å². The van der Waals surface area contributed by atoms with E-state index in [0.717, 1.165) is 35.1 Å². The number of nitrogens with zero attached hydrogens (tertiary/aromatic N) is 2. The minimum atomic E-state index is 0.0780. The van der Waals surface area contributed by atoms with Crippen LogP contribution in [0.15, 0.2) is 59.7 Å². The minimum absolute atomic E-state index is 0.0780. The molecule has 1 aliphatic rings. The molecule has 0 aromatic heterocycles. The van der Waals surface area contributed by atoms with Gasteiger partial charge in [0.2, 0.25) is 0 Å². The van der Waals surface area contributed by atoms with Crippen LogP contribution in [0.3, 0.4) is 0 Å². The first-order chi connectivity index (χ1) is 11.5. The number of rotatable bonds is 2. The van der Waals surface area contributed by atoms with Crippen LogP contribution in [0, 0.1) is 5.92 Å². The predicted molar refractivity (Wildman–Crippen MR) is 95.8 cm³/mol. The Balaban J connectivity index is 1.90. The Morgan fingerprint density at radius 3 is 1.54 bits per heavy atom. The average Bonchev–Trinajstić information content (AvgIpc) is 2.56. The monoisotopic (exact) mass is 314 g/mol. The lowest BCUT2D eigenvalue weighted by Crippen LogP contribution is -2.18. The normalized spacial score (nSPS) is 21.4. The standard InChI is InChI=1S/C21H18N2O/c1-14-10-17(12-15-2-6-19(22)7-3-15)21(24)18(11-14)13-16-4-8-20(23)9-5-16/h2-9,12-14H,10-11H2,1H3/b17-12-,18-13+. The summed E-state index contributed by atoms with van der Waals surface area (Å²) in [6, 6.07) is 13.7. The van der Waals surface area contributed by atoms with Crippen molar-refractivity contribution < 1.29 is 4.79 Å². The lowest BCUT2D eigenvalue weighted by atomic mass is 9.81. The van der Waals surface area contributed by atoms with Gasteiger partial charge in [0, 0.05) is 11.1 Å². The second-order valence-electron chi connectivity index (χ2n) is 6.36. The highest BCUT2D eigenvalue weighted by atomic mass is 16.1. The summed E-state index contributed by atoms with van der Waals surface area (Å²) >= 11 is 0. The van der Waals surface area contributed by atoms with Gasteiger partial charge in [-0.25, -0.2) is 0 Å². The molecule has 4 radical (unpaired) electrons. The lowest BCUT2D eigenvalue weighted by Gasteiger charge is -2.22. The Morgan fingerprint density at radius 2 is 1.17 bits per heavy atom. The maximum Gasteiger partial charge on any atom is 0.185 e. The number of benzene rings is 2. The molecular weight excluding hydrogens is 296 g/mol. The number of hydrogen-bond donors (Lipinski definition) is 0. The molecule has 2 aromatic rings. The lowest BCUT2D eigenvalue weighted by molar-refractivity contribution is -0.113. The van der Waals surface area contributed by atoms with Gasteiger partial charge in [0.05, 0.1) is 11.4 Å². The summed E-state index contributed by atoms with van der Waals surface area (Å²) in [7, 11) is 0. The molecule has 1 fully saturated rings. The molecule has 0 amide bonds. The number of allylic oxidation sites excluding steroid dienone is 2. The molecule has 0 saturated heterocycles. The fourth-order valence-corrected chi connectivity index (χ4v) is 3.01. The molecule has 3 rings (SSSR count). The molecule has 0 spiro atoms. The highest BCUT2D eigenvalue weighted by Gasteiger charge is 2.25. The van der Waals surface area contributed by atoms with Gasteiger partial charge >= 0.3 is 0 Å². The van der Waals surface area contributed by atoms with E-state index < -0.39 is 0 Å². The van der Waals surface area contributed by atoms with Crippen molar-refractivity contribution in [3.8, 4) is 0 Å². The summed E-state index contributed by atoms with van der Waals surface area (Å²) in [6.07, 6.45) is 5.32. The number of Topliss-reactive ketones (excluding diaryl/α,β-unsaturated/α-hetero) is 1. The zero-order chi connectivity index (χ0) is 17.1. The van der Waals surface area contributed by atoms with Crippen molar-refractivity contribution in [2.75, 3.05) is 0 Å². The molecule has 0 N–H and O–H groups in total. The third kappa shape index (κ3) is 3.74. The zero-order valence-corrected chi connectivity index (χ0v) is 13.6. The van der Waals surface area contributed by atoms with Crippen molar-refractivity contribution in [2.45, 2.75) is 19.8 Å². The second-order valence-corrected chi connectivity index (χ2v) is 6.36. The Morgan fingerprint density at radius 1 is 0.792 bits per heavy atom. The van der Waals surface area contributed by atoms with Gasteiger partial charge in [-0.2, -0.15) is 11.5 Å². The van der Waals surface area contributed by atoms with Crippen molar-refractivity contribution in [1.82, 2.24) is 11.5 Å². The van der Waals surface area contributed by atoms with Gasteiger partial charge in [0.15, 0.2) is 5.78 Å². The summed E-state index contributed by atoms with van der Waals surface area (Å²) in [6.45, 7) is 2.14. The molecule has 24 heavy (non-hydrogen) atoms. The average molecular weight is 314 g/mol. The minimum Gasteiger partial charge on any atom is -0.289 e. The predicted octanol–water partition coefficient (Wildman–Crippen LogP) is 4.55. The van der Waals surface area contributed by atoms with Crippen LogP contribution in [0.1, 0.15) is 30.9 Å². The fraction of sp³-hybridized carbons (Fsp3) is 0.190. The molecule has 0 heterocycles. The van der Waals surface area contributed by atoms with Crippen molar-refractivity contribution >= 4 is 29.3 Å². The summed E-state index contributed by atoms with van der Waals surface area (Å²) in [5.74, 6) is 0.476. The van der Waals surface area contributed by atoms with Crippen LogP contribution in [0.25, 0.3) is 12.2 Å². The molecule has 3 heteroatoms. The first kappa shape index (κ1) is 16.1. The Bertz CT molecular complexity index is 731. The highest BCUT2D eigenvalue weighted by Crippen LogP contribution is 2.32. The Kier molecular flexibility index (Phi) is 4.52. The number of carbonyl (C=O) groups is 1. The maximum atomic E-state index is 12.8. The van der Waals surface area contributed by atoms with Gasteiger partial charge in [-0.15, -0.1) is 0 Å². The van der Waals surface area contributed by atoms with Crippen molar-refractivity contribution in [1.29, 1.82) is 0 Å². The van der Waals surface area contributed by atoms with Crippen LogP contribution < -0.4 is 11.5 Å². The molecule has 1 aliphatic carbocycles. The molecule has 1 saturated carbocycles. The highest BCUT2D eigenvalue weighted by molar-refractivity contribution is 6.14. The molecule has 0 aliphatic heterocycles. The number of ketones is 1. The van der Waals surface area contributed by atoms with Crippen LogP contribution in [-0.2, 0) is 4.79 Å². The van der Waals surface area contributed by atoms with Gasteiger partial charge in [-0.05, 0) is 66.3 Å². The van der Waals surface area contributed by atoms with E-state index in [1.807, 2.05) is 12.2 Å². The van der Waals surface area contributed by atoms with Crippen LogP contribution in [-0.4, -0.2) is 5.78 Å². The molecule has 1 atom stereocenters. The zero-order valence-electron chi connectivity index (χ0n) is 13.6. The summed E-state index contributed by atoms with van der Waals surface area (Å²) in [4.78, 5) is 12.8. The van der Waals surface area contributed by atoms with Gasteiger partial charge in [0.1, 0.15) is 0 Å². The van der Waals surface area contributed by atoms with Gasteiger partial charge in [-0.1, -0.05) is 31.2 Å². The van der Waals surface area contributed by atoms with Crippen LogP contribution in [0.5, 0.6) is 0 Å². The first-order valence-corrected chi connectivity index (χ1v) is 8.05. The number of hydrogen-bond acceptors (Lipinski definition) is 1. The largest absolute Gasteiger partial charge is 0.289 e. The quantitative estimate of drug-likeness (QED) is 0.750. The SMILES string of the molecule is CC1C/C(=C/c2ccc([N])cc2)C(=O)/C(=C/c2ccc([N])cc2)C1. The summed E-state index contributed by atoms with van der Waals surface area (Å²) in [5, 5.41) is 0. The van der Waals surface area contributed by atoms with Gasteiger partial charge < -0.3 is 0 Å². The molecule has 3 nitrogen and oxygen atoms in total. The van der Waals surface area contributed by atoms with E-state index in [4.69, 9.17) is 0 Å². The van der Waals surface area contributed by atoms with Crippen molar-refractivity contribution in [3.05, 3.63) is 70.8 Å². The third-order valence-electron chi connectivity index (χ3n) is 4.19. The van der Waals surface area contributed by atoms with E-state index in [1.54, 1.807) is 48.5 Å². The smallest absolute Gasteiger partial charge is 0.185 e. The van der Waals surface area contributed by atoms with E-state index in [-0.39, 0.29) is 17.2 Å². The Labute approximate surface area is 142 Å². The number of carbonyl (C=O) groups excluding carboxylic acids is 1. The van der Waals surface area contributed by atoms with E-state index in [9.17, 15) is 16.3 Å². The van der Waals surface area contributed by atoms with Gasteiger partial charge in [0.25, 0.3) is 0 Å². The van der Waals surface area contributed by atoms with E-state index in [0.29, 0.717) is 5.92 Å². The second kappa shape index (κ2) is 6.75. The Hall–Kier alpha value is -2.81. The molecular formula is C21H18N2O. The van der Waals surface area contributed by atoms with E-state index in [2.05, 4.69) is 6.92 Å². The molecule has 1 unspecified atom stereocenters. The molecule has 118 valence electrons. The van der Waals surface area contributed by atoms with Crippen molar-refractivity contribution in [3.63, 3.8) is 0 Å². The van der Waals surface area contributed by atoms with Crippen LogP contribution >= 0.6 is 0 Å². The molecule has 2 aromatic carbocycles. The van der Waals surface area contributed by atoms with Crippen molar-refractivity contribution in [2.24, 2.45) is 5.92 Å².